The molecule has 1 aromatic rings. The third-order valence-corrected chi connectivity index (χ3v) is 8.02. The summed E-state index contributed by atoms with van der Waals surface area (Å²) in [5.74, 6) is 0.378. The highest BCUT2D eigenvalue weighted by Crippen LogP contribution is 2.28. The first-order valence-electron chi connectivity index (χ1n) is 8.87. The first-order chi connectivity index (χ1) is 11.5. The summed E-state index contributed by atoms with van der Waals surface area (Å²) in [5.41, 5.74) is 0. The molecule has 3 rings (SSSR count). The van der Waals surface area contributed by atoms with Crippen LogP contribution in [0.5, 0.6) is 0 Å². The molecule has 2 unspecified atom stereocenters. The van der Waals surface area contributed by atoms with Gasteiger partial charge in [-0.3, -0.25) is 4.79 Å². The number of rotatable bonds is 4. The van der Waals surface area contributed by atoms with Crippen LogP contribution in [0.3, 0.4) is 0 Å². The SMILES string of the molecule is CC1CCCC(NC(=O)c2sccc2S(=O)(=O)N2CCCCC2)C1. The molecule has 24 heavy (non-hydrogen) atoms. The molecule has 0 radical (unpaired) electrons. The van der Waals surface area contributed by atoms with E-state index in [1.54, 1.807) is 11.4 Å². The van der Waals surface area contributed by atoms with Gasteiger partial charge in [0.05, 0.1) is 0 Å². The van der Waals surface area contributed by atoms with Gasteiger partial charge >= 0.3 is 0 Å². The van der Waals surface area contributed by atoms with E-state index in [0.717, 1.165) is 38.5 Å². The van der Waals surface area contributed by atoms with E-state index < -0.39 is 10.0 Å². The number of carbonyl (C=O) groups is 1. The lowest BCUT2D eigenvalue weighted by Gasteiger charge is -2.28. The average molecular weight is 371 g/mol. The zero-order valence-corrected chi connectivity index (χ0v) is 15.8. The standard InChI is InChI=1S/C17H26N2O3S2/c1-13-6-5-7-14(12-13)18-17(20)16-15(8-11-23-16)24(21,22)19-9-3-2-4-10-19/h8,11,13-14H,2-7,9-10,12H2,1H3,(H,18,20). The maximum absolute atomic E-state index is 12.9. The normalized spacial score (nSPS) is 26.2. The number of nitrogens with one attached hydrogen (secondary N) is 1. The molecule has 1 N–H and O–H groups in total. The van der Waals surface area contributed by atoms with E-state index in [2.05, 4.69) is 12.2 Å². The molecule has 1 aliphatic heterocycles. The number of thiophene rings is 1. The van der Waals surface area contributed by atoms with Crippen LogP contribution >= 0.6 is 11.3 Å². The summed E-state index contributed by atoms with van der Waals surface area (Å²) < 4.78 is 27.3. The number of carbonyl (C=O) groups excluding carboxylic acids is 1. The minimum absolute atomic E-state index is 0.161. The molecule has 2 atom stereocenters. The first-order valence-corrected chi connectivity index (χ1v) is 11.2. The van der Waals surface area contributed by atoms with Crippen LogP contribution in [-0.4, -0.2) is 37.8 Å². The quantitative estimate of drug-likeness (QED) is 0.885. The third-order valence-electron chi connectivity index (χ3n) is 5.04. The maximum Gasteiger partial charge on any atom is 0.262 e. The molecule has 0 spiro atoms. The summed E-state index contributed by atoms with van der Waals surface area (Å²) in [4.78, 5) is 13.2. The van der Waals surface area contributed by atoms with E-state index in [1.807, 2.05) is 0 Å². The zero-order valence-electron chi connectivity index (χ0n) is 14.2. The number of hydrogen-bond acceptors (Lipinski definition) is 4. The lowest BCUT2D eigenvalue weighted by atomic mass is 9.87. The summed E-state index contributed by atoms with van der Waals surface area (Å²) in [6.45, 7) is 3.31. The van der Waals surface area contributed by atoms with Gasteiger partial charge in [0.25, 0.3) is 5.91 Å². The fourth-order valence-electron chi connectivity index (χ4n) is 3.73. The average Bonchev–Trinajstić information content (AvgIpc) is 3.06. The van der Waals surface area contributed by atoms with Crippen molar-refractivity contribution in [2.45, 2.75) is 62.8 Å². The minimum Gasteiger partial charge on any atom is -0.349 e. The van der Waals surface area contributed by atoms with E-state index in [4.69, 9.17) is 0 Å². The van der Waals surface area contributed by atoms with E-state index in [-0.39, 0.29) is 16.8 Å². The van der Waals surface area contributed by atoms with Gasteiger partial charge in [-0.15, -0.1) is 11.3 Å². The van der Waals surface area contributed by atoms with Crippen molar-refractivity contribution in [3.63, 3.8) is 0 Å². The van der Waals surface area contributed by atoms with Crippen LogP contribution in [0.25, 0.3) is 0 Å². The number of hydrogen-bond donors (Lipinski definition) is 1. The number of nitrogens with zero attached hydrogens (tertiary/aromatic N) is 1. The van der Waals surface area contributed by atoms with Crippen molar-refractivity contribution in [3.8, 4) is 0 Å². The molecule has 1 saturated carbocycles. The molecule has 0 aromatic carbocycles. The Balaban J connectivity index is 1.75. The van der Waals surface area contributed by atoms with Gasteiger partial charge in [-0.05, 0) is 43.0 Å². The Labute approximate surface area is 148 Å². The highest BCUT2D eigenvalue weighted by atomic mass is 32.2. The van der Waals surface area contributed by atoms with Gasteiger partial charge in [-0.2, -0.15) is 4.31 Å². The maximum atomic E-state index is 12.9. The topological polar surface area (TPSA) is 66.5 Å². The predicted molar refractivity (Wildman–Crippen MR) is 95.8 cm³/mol. The summed E-state index contributed by atoms with van der Waals surface area (Å²) >= 11 is 1.22. The number of piperidine rings is 1. The van der Waals surface area contributed by atoms with Gasteiger partial charge in [0.1, 0.15) is 9.77 Å². The predicted octanol–water partition coefficient (Wildman–Crippen LogP) is 3.23. The molecule has 1 amide bonds. The second kappa shape index (κ2) is 7.54. The molecule has 7 heteroatoms. The summed E-state index contributed by atoms with van der Waals surface area (Å²) in [5, 5.41) is 4.76. The molecule has 1 aromatic heterocycles. The summed E-state index contributed by atoms with van der Waals surface area (Å²) in [6.07, 6.45) is 7.15. The molecule has 1 aliphatic carbocycles. The van der Waals surface area contributed by atoms with Crippen LogP contribution in [0, 0.1) is 5.92 Å². The van der Waals surface area contributed by atoms with Gasteiger partial charge in [-0.1, -0.05) is 26.2 Å². The molecule has 1 saturated heterocycles. The Kier molecular flexibility index (Phi) is 5.62. The largest absolute Gasteiger partial charge is 0.349 e. The zero-order chi connectivity index (χ0) is 17.2. The molecular formula is C17H26N2O3S2. The van der Waals surface area contributed by atoms with Gasteiger partial charge < -0.3 is 5.32 Å². The van der Waals surface area contributed by atoms with Gasteiger partial charge in [0, 0.05) is 19.1 Å². The molecule has 2 heterocycles. The Morgan fingerprint density at radius 2 is 1.96 bits per heavy atom. The second-order valence-electron chi connectivity index (χ2n) is 7.02. The fourth-order valence-corrected chi connectivity index (χ4v) is 6.55. The van der Waals surface area contributed by atoms with Crippen molar-refractivity contribution in [2.75, 3.05) is 13.1 Å². The summed E-state index contributed by atoms with van der Waals surface area (Å²) in [7, 11) is -3.56. The van der Waals surface area contributed by atoms with Gasteiger partial charge in [0.15, 0.2) is 0 Å². The lowest BCUT2D eigenvalue weighted by molar-refractivity contribution is 0.0922. The monoisotopic (exact) mass is 370 g/mol. The molecule has 134 valence electrons. The van der Waals surface area contributed by atoms with Crippen molar-refractivity contribution in [2.24, 2.45) is 5.92 Å². The van der Waals surface area contributed by atoms with Crippen molar-refractivity contribution >= 4 is 27.3 Å². The fraction of sp³-hybridized carbons (Fsp3) is 0.706. The Bertz CT molecular complexity index is 678. The third kappa shape index (κ3) is 3.83. The van der Waals surface area contributed by atoms with Gasteiger partial charge in [0.2, 0.25) is 10.0 Å². The van der Waals surface area contributed by atoms with Crippen LogP contribution in [0.2, 0.25) is 0 Å². The molecular weight excluding hydrogens is 344 g/mol. The molecule has 5 nitrogen and oxygen atoms in total. The van der Waals surface area contributed by atoms with Crippen LogP contribution in [-0.2, 0) is 10.0 Å². The lowest BCUT2D eigenvalue weighted by Crippen LogP contribution is -2.39. The Hall–Kier alpha value is -0.920. The van der Waals surface area contributed by atoms with Crippen LogP contribution in [0.4, 0.5) is 0 Å². The van der Waals surface area contributed by atoms with Crippen molar-refractivity contribution in [3.05, 3.63) is 16.3 Å². The number of sulfonamides is 1. The van der Waals surface area contributed by atoms with E-state index >= 15 is 0 Å². The first kappa shape index (κ1) is 17.9. The van der Waals surface area contributed by atoms with Crippen molar-refractivity contribution in [1.82, 2.24) is 9.62 Å². The highest BCUT2D eigenvalue weighted by Gasteiger charge is 2.31. The molecule has 2 aliphatic rings. The smallest absolute Gasteiger partial charge is 0.262 e. The van der Waals surface area contributed by atoms with E-state index in [9.17, 15) is 13.2 Å². The van der Waals surface area contributed by atoms with Crippen LogP contribution in [0.15, 0.2) is 16.3 Å². The van der Waals surface area contributed by atoms with Crippen molar-refractivity contribution in [1.29, 1.82) is 0 Å². The van der Waals surface area contributed by atoms with E-state index in [1.165, 1.54) is 22.1 Å². The Morgan fingerprint density at radius 1 is 1.21 bits per heavy atom. The summed E-state index contributed by atoms with van der Waals surface area (Å²) in [6, 6.07) is 1.74. The second-order valence-corrected chi connectivity index (χ2v) is 9.84. The van der Waals surface area contributed by atoms with E-state index in [0.29, 0.717) is 23.9 Å². The Morgan fingerprint density at radius 3 is 2.67 bits per heavy atom. The highest BCUT2D eigenvalue weighted by molar-refractivity contribution is 7.89. The van der Waals surface area contributed by atoms with Crippen LogP contribution < -0.4 is 5.32 Å². The minimum atomic E-state index is -3.56. The number of amides is 1. The van der Waals surface area contributed by atoms with Crippen molar-refractivity contribution < 1.29 is 13.2 Å². The van der Waals surface area contributed by atoms with Gasteiger partial charge in [-0.25, -0.2) is 8.42 Å². The molecule has 0 bridgehead atoms. The van der Waals surface area contributed by atoms with Crippen LogP contribution in [0.1, 0.15) is 61.5 Å². The molecule has 2 fully saturated rings.